The third kappa shape index (κ3) is 4.03. The van der Waals surface area contributed by atoms with Crippen molar-refractivity contribution in [3.63, 3.8) is 0 Å². The Labute approximate surface area is 126 Å². The third-order valence-corrected chi connectivity index (χ3v) is 3.08. The standard InChI is InChI=1S/C15H13ClN2O3/c1-21-15(20)11-4-5-12(16)13(8-11)18-14(19)7-10-3-2-6-17-9-10/h2-6,8-9H,7H2,1H3,(H,18,19). The Morgan fingerprint density at radius 1 is 1.33 bits per heavy atom. The van der Waals surface area contributed by atoms with E-state index in [0.29, 0.717) is 16.3 Å². The zero-order valence-corrected chi connectivity index (χ0v) is 12.1. The van der Waals surface area contributed by atoms with E-state index >= 15 is 0 Å². The van der Waals surface area contributed by atoms with Crippen LogP contribution >= 0.6 is 11.6 Å². The van der Waals surface area contributed by atoms with Crippen molar-refractivity contribution in [3.8, 4) is 0 Å². The Morgan fingerprint density at radius 2 is 2.14 bits per heavy atom. The molecular weight excluding hydrogens is 292 g/mol. The number of esters is 1. The number of benzene rings is 1. The van der Waals surface area contributed by atoms with Crippen LogP contribution in [0.15, 0.2) is 42.7 Å². The van der Waals surface area contributed by atoms with E-state index in [1.54, 1.807) is 24.5 Å². The van der Waals surface area contributed by atoms with Gasteiger partial charge >= 0.3 is 5.97 Å². The van der Waals surface area contributed by atoms with Crippen LogP contribution in [0.3, 0.4) is 0 Å². The van der Waals surface area contributed by atoms with Crippen LogP contribution in [0.1, 0.15) is 15.9 Å². The van der Waals surface area contributed by atoms with E-state index in [-0.39, 0.29) is 12.3 Å². The van der Waals surface area contributed by atoms with Crippen molar-refractivity contribution in [1.29, 1.82) is 0 Å². The van der Waals surface area contributed by atoms with E-state index < -0.39 is 5.97 Å². The lowest BCUT2D eigenvalue weighted by atomic mass is 10.1. The number of hydrogen-bond donors (Lipinski definition) is 1. The summed E-state index contributed by atoms with van der Waals surface area (Å²) in [5.41, 5.74) is 1.47. The molecule has 0 radical (unpaired) electrons. The highest BCUT2D eigenvalue weighted by Crippen LogP contribution is 2.23. The number of carbonyl (C=O) groups excluding carboxylic acids is 2. The summed E-state index contributed by atoms with van der Waals surface area (Å²) in [5.74, 6) is -0.735. The van der Waals surface area contributed by atoms with Crippen LogP contribution in [0.2, 0.25) is 5.02 Å². The molecule has 0 bridgehead atoms. The third-order valence-electron chi connectivity index (χ3n) is 2.75. The molecule has 21 heavy (non-hydrogen) atoms. The van der Waals surface area contributed by atoms with E-state index in [9.17, 15) is 9.59 Å². The quantitative estimate of drug-likeness (QED) is 0.882. The predicted octanol–water partition coefficient (Wildman–Crippen LogP) is 2.70. The molecule has 2 rings (SSSR count). The maximum atomic E-state index is 12.0. The molecule has 1 amide bonds. The molecule has 0 aliphatic rings. The van der Waals surface area contributed by atoms with Gasteiger partial charge < -0.3 is 10.1 Å². The number of pyridine rings is 1. The number of halogens is 1. The molecule has 0 spiro atoms. The number of nitrogens with one attached hydrogen (secondary N) is 1. The van der Waals surface area contributed by atoms with Gasteiger partial charge in [0.15, 0.2) is 0 Å². The van der Waals surface area contributed by atoms with Crippen molar-refractivity contribution in [2.45, 2.75) is 6.42 Å². The summed E-state index contributed by atoms with van der Waals surface area (Å²) >= 11 is 6.01. The van der Waals surface area contributed by atoms with Crippen LogP contribution in [0, 0.1) is 0 Å². The van der Waals surface area contributed by atoms with Crippen LogP contribution in [0.4, 0.5) is 5.69 Å². The maximum Gasteiger partial charge on any atom is 0.337 e. The molecule has 108 valence electrons. The number of rotatable bonds is 4. The topological polar surface area (TPSA) is 68.3 Å². The lowest BCUT2D eigenvalue weighted by Crippen LogP contribution is -2.15. The van der Waals surface area contributed by atoms with Crippen molar-refractivity contribution in [2.24, 2.45) is 0 Å². The smallest absolute Gasteiger partial charge is 0.337 e. The Morgan fingerprint density at radius 3 is 2.81 bits per heavy atom. The first-order valence-electron chi connectivity index (χ1n) is 6.17. The van der Waals surface area contributed by atoms with E-state index in [0.717, 1.165) is 5.56 Å². The van der Waals surface area contributed by atoms with Crippen molar-refractivity contribution in [3.05, 3.63) is 58.9 Å². The summed E-state index contributed by atoms with van der Waals surface area (Å²) in [6, 6.07) is 8.11. The molecular formula is C15H13ClN2O3. The highest BCUT2D eigenvalue weighted by Gasteiger charge is 2.11. The molecule has 0 atom stereocenters. The van der Waals surface area contributed by atoms with E-state index in [1.807, 2.05) is 0 Å². The second kappa shape index (κ2) is 6.85. The van der Waals surface area contributed by atoms with Gasteiger partial charge in [-0.2, -0.15) is 0 Å². The minimum absolute atomic E-state index is 0.173. The Kier molecular flexibility index (Phi) is 4.90. The minimum Gasteiger partial charge on any atom is -0.465 e. The fraction of sp³-hybridized carbons (Fsp3) is 0.133. The molecule has 1 heterocycles. The van der Waals surface area contributed by atoms with Crippen LogP contribution in [0.5, 0.6) is 0 Å². The molecule has 6 heteroatoms. The zero-order valence-electron chi connectivity index (χ0n) is 11.3. The molecule has 0 aliphatic carbocycles. The predicted molar refractivity (Wildman–Crippen MR) is 79.4 cm³/mol. The van der Waals surface area contributed by atoms with Gasteiger partial charge in [0.2, 0.25) is 5.91 Å². The molecule has 1 N–H and O–H groups in total. The highest BCUT2D eigenvalue weighted by atomic mass is 35.5. The van der Waals surface area contributed by atoms with Gasteiger partial charge in [-0.25, -0.2) is 4.79 Å². The van der Waals surface area contributed by atoms with Gasteiger partial charge in [-0.1, -0.05) is 17.7 Å². The first-order chi connectivity index (χ1) is 10.1. The maximum absolute atomic E-state index is 12.0. The minimum atomic E-state index is -0.491. The van der Waals surface area contributed by atoms with E-state index in [2.05, 4.69) is 15.0 Å². The number of amides is 1. The lowest BCUT2D eigenvalue weighted by Gasteiger charge is -2.09. The van der Waals surface area contributed by atoms with Gasteiger partial charge in [-0.05, 0) is 29.8 Å². The summed E-state index contributed by atoms with van der Waals surface area (Å²) in [4.78, 5) is 27.4. The molecule has 5 nitrogen and oxygen atoms in total. The molecule has 0 unspecified atom stereocenters. The molecule has 2 aromatic rings. The number of methoxy groups -OCH3 is 1. The average molecular weight is 305 g/mol. The molecule has 0 aliphatic heterocycles. The van der Waals surface area contributed by atoms with Gasteiger partial charge in [-0.3, -0.25) is 9.78 Å². The van der Waals surface area contributed by atoms with Gasteiger partial charge in [0.25, 0.3) is 0 Å². The molecule has 0 saturated carbocycles. The number of hydrogen-bond acceptors (Lipinski definition) is 4. The normalized spacial score (nSPS) is 10.0. The van der Waals surface area contributed by atoms with Crippen LogP contribution in [-0.4, -0.2) is 24.0 Å². The van der Waals surface area contributed by atoms with Crippen LogP contribution in [-0.2, 0) is 16.0 Å². The highest BCUT2D eigenvalue weighted by molar-refractivity contribution is 6.33. The summed E-state index contributed by atoms with van der Waals surface area (Å²) in [7, 11) is 1.29. The molecule has 0 fully saturated rings. The fourth-order valence-corrected chi connectivity index (χ4v) is 1.91. The summed E-state index contributed by atoms with van der Waals surface area (Å²) in [6.45, 7) is 0. The zero-order chi connectivity index (χ0) is 15.2. The number of anilines is 1. The van der Waals surface area contributed by atoms with Crippen LogP contribution in [0.25, 0.3) is 0 Å². The van der Waals surface area contributed by atoms with Gasteiger partial charge in [-0.15, -0.1) is 0 Å². The van der Waals surface area contributed by atoms with E-state index in [1.165, 1.54) is 25.3 Å². The lowest BCUT2D eigenvalue weighted by molar-refractivity contribution is -0.115. The molecule has 1 aromatic carbocycles. The second-order valence-electron chi connectivity index (χ2n) is 4.27. The van der Waals surface area contributed by atoms with Crippen molar-refractivity contribution in [1.82, 2.24) is 4.98 Å². The average Bonchev–Trinajstić information content (AvgIpc) is 2.49. The summed E-state index contributed by atoms with van der Waals surface area (Å²) in [6.07, 6.45) is 3.43. The summed E-state index contributed by atoms with van der Waals surface area (Å²) < 4.78 is 4.63. The SMILES string of the molecule is COC(=O)c1ccc(Cl)c(NC(=O)Cc2cccnc2)c1. The number of ether oxygens (including phenoxy) is 1. The Bertz CT molecular complexity index is 659. The number of carbonyl (C=O) groups is 2. The first kappa shape index (κ1) is 15.0. The van der Waals surface area contributed by atoms with Gasteiger partial charge in [0, 0.05) is 12.4 Å². The van der Waals surface area contributed by atoms with Gasteiger partial charge in [0.05, 0.1) is 29.8 Å². The Hall–Kier alpha value is -2.40. The van der Waals surface area contributed by atoms with Gasteiger partial charge in [0.1, 0.15) is 0 Å². The molecule has 0 saturated heterocycles. The van der Waals surface area contributed by atoms with Crippen molar-refractivity contribution in [2.75, 3.05) is 12.4 Å². The van der Waals surface area contributed by atoms with Crippen molar-refractivity contribution >= 4 is 29.2 Å². The van der Waals surface area contributed by atoms with E-state index in [4.69, 9.17) is 11.6 Å². The number of nitrogens with zero attached hydrogens (tertiary/aromatic N) is 1. The van der Waals surface area contributed by atoms with Crippen LogP contribution < -0.4 is 5.32 Å². The summed E-state index contributed by atoms with van der Waals surface area (Å²) in [5, 5.41) is 3.02. The molecule has 1 aromatic heterocycles. The first-order valence-corrected chi connectivity index (χ1v) is 6.54. The second-order valence-corrected chi connectivity index (χ2v) is 4.68. The van der Waals surface area contributed by atoms with Crippen molar-refractivity contribution < 1.29 is 14.3 Å². The Balaban J connectivity index is 2.11. The fourth-order valence-electron chi connectivity index (χ4n) is 1.75. The number of aromatic nitrogens is 1. The largest absolute Gasteiger partial charge is 0.465 e. The monoisotopic (exact) mass is 304 g/mol.